The average Bonchev–Trinajstić information content (AvgIpc) is 3.03. The van der Waals surface area contributed by atoms with Gasteiger partial charge in [-0.05, 0) is 17.7 Å². The van der Waals surface area contributed by atoms with Crippen molar-refractivity contribution in [3.8, 4) is 6.07 Å². The minimum Gasteiger partial charge on any atom is -0.466 e. The Morgan fingerprint density at radius 3 is 2.61 bits per heavy atom. The SMILES string of the molecule is C.COC(=O)/C=c1\sc2n(c1=O)C(N)=C(C#N)C(c1cccc(F)c1)C=2C(=O)N(C)C. The fourth-order valence-electron chi connectivity index (χ4n) is 3.18. The zero-order valence-electron chi connectivity index (χ0n) is 16.3. The molecule has 31 heavy (non-hydrogen) atoms. The molecule has 2 heterocycles. The number of carbonyl (C=O) groups is 2. The molecule has 2 N–H and O–H groups in total. The van der Waals surface area contributed by atoms with Crippen LogP contribution in [0.5, 0.6) is 0 Å². The van der Waals surface area contributed by atoms with Crippen LogP contribution in [0.1, 0.15) is 18.9 Å². The maximum Gasteiger partial charge on any atom is 0.332 e. The van der Waals surface area contributed by atoms with Gasteiger partial charge in [-0.25, -0.2) is 9.18 Å². The monoisotopic (exact) mass is 444 g/mol. The minimum absolute atomic E-state index is 0. The Kier molecular flexibility index (Phi) is 6.82. The summed E-state index contributed by atoms with van der Waals surface area (Å²) in [4.78, 5) is 38.9. The van der Waals surface area contributed by atoms with Crippen LogP contribution in [-0.4, -0.2) is 42.5 Å². The summed E-state index contributed by atoms with van der Waals surface area (Å²) in [6.07, 6.45) is 0.993. The van der Waals surface area contributed by atoms with Crippen molar-refractivity contribution < 1.29 is 18.7 Å². The van der Waals surface area contributed by atoms with Gasteiger partial charge >= 0.3 is 5.97 Å². The summed E-state index contributed by atoms with van der Waals surface area (Å²) >= 11 is 0.871. The second-order valence-electron chi connectivity index (χ2n) is 6.59. The smallest absolute Gasteiger partial charge is 0.332 e. The van der Waals surface area contributed by atoms with Gasteiger partial charge in [0.25, 0.3) is 11.5 Å². The number of nitrogens with two attached hydrogens (primary N) is 1. The zero-order chi connectivity index (χ0) is 22.2. The molecule has 10 heteroatoms. The highest BCUT2D eigenvalue weighted by molar-refractivity contribution is 7.07. The Hall–Kier alpha value is -3.71. The highest BCUT2D eigenvalue weighted by Crippen LogP contribution is 2.36. The number of fused-ring (bicyclic) bond motifs is 1. The number of methoxy groups -OCH3 is 1. The van der Waals surface area contributed by atoms with Crippen LogP contribution >= 0.6 is 11.3 Å². The molecule has 0 bridgehead atoms. The van der Waals surface area contributed by atoms with Gasteiger partial charge in [0, 0.05) is 20.2 Å². The van der Waals surface area contributed by atoms with E-state index < -0.39 is 29.2 Å². The first-order valence-electron chi connectivity index (χ1n) is 8.64. The van der Waals surface area contributed by atoms with Crippen LogP contribution in [-0.2, 0) is 14.3 Å². The summed E-state index contributed by atoms with van der Waals surface area (Å²) in [6.45, 7) is 0. The van der Waals surface area contributed by atoms with Gasteiger partial charge in [0.2, 0.25) is 0 Å². The molecule has 1 aliphatic heterocycles. The van der Waals surface area contributed by atoms with Gasteiger partial charge < -0.3 is 15.4 Å². The molecule has 8 nitrogen and oxygen atoms in total. The fraction of sp³-hybridized carbons (Fsp3) is 0.238. The number of amides is 1. The van der Waals surface area contributed by atoms with Gasteiger partial charge in [0.15, 0.2) is 0 Å². The van der Waals surface area contributed by atoms with Gasteiger partial charge in [-0.2, -0.15) is 5.26 Å². The van der Waals surface area contributed by atoms with E-state index in [1.807, 2.05) is 6.07 Å². The summed E-state index contributed by atoms with van der Waals surface area (Å²) in [6, 6.07) is 7.44. The molecule has 0 spiro atoms. The number of ether oxygens (including phenoxy) is 1. The first-order chi connectivity index (χ1) is 14.2. The Morgan fingerprint density at radius 2 is 2.06 bits per heavy atom. The Labute approximate surface area is 181 Å². The van der Waals surface area contributed by atoms with E-state index in [1.165, 1.54) is 44.3 Å². The average molecular weight is 444 g/mol. The first kappa shape index (κ1) is 23.6. The summed E-state index contributed by atoms with van der Waals surface area (Å²) in [5, 5.41) is 9.79. The molecular formula is C21H21FN4O4S. The number of allylic oxidation sites excluding steroid dienone is 1. The third-order valence-electron chi connectivity index (χ3n) is 4.54. The first-order valence-corrected chi connectivity index (χ1v) is 9.45. The van der Waals surface area contributed by atoms with Gasteiger partial charge in [0.1, 0.15) is 20.8 Å². The van der Waals surface area contributed by atoms with Crippen molar-refractivity contribution in [2.75, 3.05) is 21.2 Å². The van der Waals surface area contributed by atoms with Crippen LogP contribution in [0.15, 0.2) is 34.6 Å². The van der Waals surface area contributed by atoms with Crippen molar-refractivity contribution in [3.05, 3.63) is 60.8 Å². The van der Waals surface area contributed by atoms with Gasteiger partial charge in [0.05, 0.1) is 30.2 Å². The van der Waals surface area contributed by atoms with Crippen molar-refractivity contribution in [3.63, 3.8) is 0 Å². The van der Waals surface area contributed by atoms with E-state index in [4.69, 9.17) is 5.73 Å². The Bertz CT molecular complexity index is 1310. The lowest BCUT2D eigenvalue weighted by atomic mass is 9.83. The number of carbonyl (C=O) groups excluding carboxylic acids is 2. The van der Waals surface area contributed by atoms with Crippen LogP contribution in [0.2, 0.25) is 0 Å². The zero-order valence-corrected chi connectivity index (χ0v) is 17.1. The van der Waals surface area contributed by atoms with E-state index in [2.05, 4.69) is 4.74 Å². The lowest BCUT2D eigenvalue weighted by molar-refractivity contribution is -0.133. The maximum atomic E-state index is 13.9. The minimum atomic E-state index is -0.982. The van der Waals surface area contributed by atoms with Crippen LogP contribution in [0.3, 0.4) is 0 Å². The van der Waals surface area contributed by atoms with E-state index in [-0.39, 0.29) is 33.6 Å². The van der Waals surface area contributed by atoms with Crippen LogP contribution in [0.25, 0.3) is 17.5 Å². The van der Waals surface area contributed by atoms with Gasteiger partial charge in [-0.15, -0.1) is 11.3 Å². The van der Waals surface area contributed by atoms with Crippen molar-refractivity contribution in [2.24, 2.45) is 5.73 Å². The van der Waals surface area contributed by atoms with Crippen molar-refractivity contribution in [1.29, 1.82) is 5.26 Å². The summed E-state index contributed by atoms with van der Waals surface area (Å²) in [5.74, 6) is -2.94. The number of rotatable bonds is 3. The summed E-state index contributed by atoms with van der Waals surface area (Å²) < 4.78 is 19.7. The standard InChI is InChI=1S/C20H17FN4O4S.CH4/c1-24(2)19(28)16-15(10-5-4-6-11(21)7-10)12(9-22)17(23)25-18(27)13(30-20(16)25)8-14(26)29-3;/h4-8,15H,23H2,1-3H3;1H4/b13-8-;. The predicted molar refractivity (Wildman–Crippen MR) is 115 cm³/mol. The van der Waals surface area contributed by atoms with Crippen LogP contribution < -0.4 is 20.5 Å². The molecule has 1 aromatic carbocycles. The normalized spacial score (nSPS) is 15.6. The third kappa shape index (κ3) is 4.00. The van der Waals surface area contributed by atoms with E-state index in [0.29, 0.717) is 5.56 Å². The Balaban J connectivity index is 0.00000341. The Morgan fingerprint density at radius 1 is 1.39 bits per heavy atom. The predicted octanol–water partition coefficient (Wildman–Crippen LogP) is 0.326. The number of nitriles is 1. The lowest BCUT2D eigenvalue weighted by Crippen LogP contribution is -2.41. The molecule has 0 radical (unpaired) electrons. The largest absolute Gasteiger partial charge is 0.466 e. The number of thiazole rings is 1. The molecule has 2 aromatic rings. The molecule has 0 fully saturated rings. The fourth-order valence-corrected chi connectivity index (χ4v) is 4.31. The van der Waals surface area contributed by atoms with E-state index >= 15 is 0 Å². The van der Waals surface area contributed by atoms with Gasteiger partial charge in [-0.3, -0.25) is 14.2 Å². The number of esters is 1. The van der Waals surface area contributed by atoms with Gasteiger partial charge in [-0.1, -0.05) is 19.6 Å². The lowest BCUT2D eigenvalue weighted by Gasteiger charge is -2.26. The quantitative estimate of drug-likeness (QED) is 0.682. The van der Waals surface area contributed by atoms with E-state index in [9.17, 15) is 24.0 Å². The number of hydrogen-bond acceptors (Lipinski definition) is 7. The topological polar surface area (TPSA) is 118 Å². The second-order valence-corrected chi connectivity index (χ2v) is 7.62. The van der Waals surface area contributed by atoms with E-state index in [0.717, 1.165) is 22.0 Å². The highest BCUT2D eigenvalue weighted by Gasteiger charge is 2.36. The number of nitrogens with zero attached hydrogens (tertiary/aromatic N) is 3. The molecule has 0 aliphatic carbocycles. The molecule has 1 unspecified atom stereocenters. The number of hydrogen-bond donors (Lipinski definition) is 1. The maximum absolute atomic E-state index is 13.9. The molecule has 1 atom stereocenters. The van der Waals surface area contributed by atoms with Crippen LogP contribution in [0, 0.1) is 17.1 Å². The highest BCUT2D eigenvalue weighted by atomic mass is 32.1. The molecule has 0 saturated carbocycles. The summed E-state index contributed by atoms with van der Waals surface area (Å²) in [7, 11) is 4.20. The summed E-state index contributed by atoms with van der Waals surface area (Å²) in [5.41, 5.74) is 5.85. The molecule has 1 aliphatic rings. The number of aromatic nitrogens is 1. The number of halogens is 1. The second kappa shape index (κ2) is 8.97. The molecule has 1 aromatic heterocycles. The third-order valence-corrected chi connectivity index (χ3v) is 5.65. The van der Waals surface area contributed by atoms with Crippen molar-refractivity contribution in [2.45, 2.75) is 13.3 Å². The molecular weight excluding hydrogens is 423 g/mol. The molecule has 162 valence electrons. The van der Waals surface area contributed by atoms with Crippen molar-refractivity contribution >= 4 is 40.7 Å². The molecule has 1 amide bonds. The van der Waals surface area contributed by atoms with Crippen LogP contribution in [0.4, 0.5) is 4.39 Å². The van der Waals surface area contributed by atoms with Crippen molar-refractivity contribution in [1.82, 2.24) is 9.47 Å². The van der Waals surface area contributed by atoms with E-state index in [1.54, 1.807) is 6.07 Å². The number of benzene rings is 1. The molecule has 3 rings (SSSR count). The molecule has 0 saturated heterocycles.